The summed E-state index contributed by atoms with van der Waals surface area (Å²) in [5.74, 6) is 0.835. The number of unbranched alkanes of at least 4 members (excludes halogenated alkanes) is 1. The standard InChI is InChI=1S/C12H17ClO3S/c1-10-7-11(2)9-12(8-10)16-5-3-4-6-17(13,14)15/h7-9H,3-6H2,1-2H3. The summed E-state index contributed by atoms with van der Waals surface area (Å²) in [6.07, 6.45) is 1.20. The highest BCUT2D eigenvalue weighted by molar-refractivity contribution is 8.13. The van der Waals surface area contributed by atoms with Crippen molar-refractivity contribution in [3.63, 3.8) is 0 Å². The van der Waals surface area contributed by atoms with Crippen LogP contribution in [0.25, 0.3) is 0 Å². The van der Waals surface area contributed by atoms with Gasteiger partial charge >= 0.3 is 0 Å². The molecule has 0 radical (unpaired) electrons. The molecule has 0 saturated carbocycles. The summed E-state index contributed by atoms with van der Waals surface area (Å²) in [6.45, 7) is 4.54. The summed E-state index contributed by atoms with van der Waals surface area (Å²) in [5, 5.41) is 0. The van der Waals surface area contributed by atoms with E-state index in [9.17, 15) is 8.42 Å². The Bertz CT molecular complexity index is 448. The molecule has 1 aromatic carbocycles. The third-order valence-corrected chi connectivity index (χ3v) is 3.49. The van der Waals surface area contributed by atoms with E-state index < -0.39 is 9.05 Å². The van der Waals surface area contributed by atoms with E-state index in [1.807, 2.05) is 26.0 Å². The number of hydrogen-bond acceptors (Lipinski definition) is 3. The predicted octanol–water partition coefficient (Wildman–Crippen LogP) is 3.03. The van der Waals surface area contributed by atoms with Gasteiger partial charge in [0.2, 0.25) is 9.05 Å². The topological polar surface area (TPSA) is 43.4 Å². The van der Waals surface area contributed by atoms with Crippen molar-refractivity contribution in [1.82, 2.24) is 0 Å². The lowest BCUT2D eigenvalue weighted by Crippen LogP contribution is -2.02. The van der Waals surface area contributed by atoms with Crippen molar-refractivity contribution >= 4 is 19.7 Å². The number of ether oxygens (including phenoxy) is 1. The van der Waals surface area contributed by atoms with Gasteiger partial charge in [-0.3, -0.25) is 0 Å². The highest BCUT2D eigenvalue weighted by Crippen LogP contribution is 2.16. The van der Waals surface area contributed by atoms with Gasteiger partial charge in [0.15, 0.2) is 0 Å². The molecular formula is C12H17ClO3S. The van der Waals surface area contributed by atoms with Crippen LogP contribution >= 0.6 is 10.7 Å². The van der Waals surface area contributed by atoms with Crippen LogP contribution in [-0.2, 0) is 9.05 Å². The van der Waals surface area contributed by atoms with Gasteiger partial charge < -0.3 is 4.74 Å². The smallest absolute Gasteiger partial charge is 0.232 e. The Kier molecular flexibility index (Phi) is 5.28. The van der Waals surface area contributed by atoms with Crippen molar-refractivity contribution in [1.29, 1.82) is 0 Å². The van der Waals surface area contributed by atoms with Crippen molar-refractivity contribution in [2.75, 3.05) is 12.4 Å². The number of benzene rings is 1. The molecular weight excluding hydrogens is 260 g/mol. The molecule has 0 fully saturated rings. The lowest BCUT2D eigenvalue weighted by Gasteiger charge is -2.07. The van der Waals surface area contributed by atoms with Gasteiger partial charge in [0, 0.05) is 10.7 Å². The van der Waals surface area contributed by atoms with Crippen molar-refractivity contribution < 1.29 is 13.2 Å². The molecule has 0 saturated heterocycles. The van der Waals surface area contributed by atoms with Crippen LogP contribution in [0.15, 0.2) is 18.2 Å². The molecule has 17 heavy (non-hydrogen) atoms. The summed E-state index contributed by atoms with van der Waals surface area (Å²) in [6, 6.07) is 6.00. The molecule has 0 N–H and O–H groups in total. The summed E-state index contributed by atoms with van der Waals surface area (Å²) in [7, 11) is 1.74. The van der Waals surface area contributed by atoms with Crippen LogP contribution in [0.5, 0.6) is 5.75 Å². The highest BCUT2D eigenvalue weighted by Gasteiger charge is 2.04. The molecule has 0 aliphatic carbocycles. The monoisotopic (exact) mass is 276 g/mol. The molecule has 1 rings (SSSR count). The van der Waals surface area contributed by atoms with E-state index in [1.54, 1.807) is 0 Å². The summed E-state index contributed by atoms with van der Waals surface area (Å²) >= 11 is 0. The van der Waals surface area contributed by atoms with Crippen LogP contribution in [0, 0.1) is 13.8 Å². The molecule has 1 aromatic rings. The first-order valence-electron chi connectivity index (χ1n) is 5.50. The predicted molar refractivity (Wildman–Crippen MR) is 70.3 cm³/mol. The number of rotatable bonds is 6. The van der Waals surface area contributed by atoms with Crippen LogP contribution in [0.1, 0.15) is 24.0 Å². The van der Waals surface area contributed by atoms with E-state index in [2.05, 4.69) is 6.07 Å². The lowest BCUT2D eigenvalue weighted by molar-refractivity contribution is 0.309. The van der Waals surface area contributed by atoms with Gasteiger partial charge in [-0.1, -0.05) is 6.07 Å². The zero-order chi connectivity index (χ0) is 12.9. The molecule has 96 valence electrons. The van der Waals surface area contributed by atoms with Crippen LogP contribution in [0.4, 0.5) is 0 Å². The minimum absolute atomic E-state index is 0.00472. The molecule has 0 bridgehead atoms. The molecule has 0 aromatic heterocycles. The second-order valence-corrected chi connectivity index (χ2v) is 7.02. The fourth-order valence-electron chi connectivity index (χ4n) is 1.58. The number of aryl methyl sites for hydroxylation is 2. The van der Waals surface area contributed by atoms with E-state index in [4.69, 9.17) is 15.4 Å². The van der Waals surface area contributed by atoms with Gasteiger partial charge in [0.25, 0.3) is 0 Å². The van der Waals surface area contributed by atoms with E-state index >= 15 is 0 Å². The maximum Gasteiger partial charge on any atom is 0.232 e. The van der Waals surface area contributed by atoms with Gasteiger partial charge in [-0.15, -0.1) is 0 Å². The van der Waals surface area contributed by atoms with Crippen molar-refractivity contribution in [2.24, 2.45) is 0 Å². The Labute approximate surface area is 107 Å². The molecule has 0 amide bonds. The second-order valence-electron chi connectivity index (χ2n) is 4.12. The Balaban J connectivity index is 2.31. The summed E-state index contributed by atoms with van der Waals surface area (Å²) in [4.78, 5) is 0. The summed E-state index contributed by atoms with van der Waals surface area (Å²) in [5.41, 5.74) is 2.31. The first kappa shape index (κ1) is 14.3. The molecule has 0 atom stereocenters. The first-order chi connectivity index (χ1) is 7.87. The summed E-state index contributed by atoms with van der Waals surface area (Å²) < 4.78 is 26.9. The van der Waals surface area contributed by atoms with Crippen molar-refractivity contribution in [2.45, 2.75) is 26.7 Å². The molecule has 0 heterocycles. The first-order valence-corrected chi connectivity index (χ1v) is 7.98. The van der Waals surface area contributed by atoms with Crippen LogP contribution in [-0.4, -0.2) is 20.8 Å². The zero-order valence-electron chi connectivity index (χ0n) is 10.1. The van der Waals surface area contributed by atoms with Gasteiger partial charge in [0.05, 0.1) is 12.4 Å². The van der Waals surface area contributed by atoms with E-state index in [-0.39, 0.29) is 5.75 Å². The maximum absolute atomic E-state index is 10.7. The van der Waals surface area contributed by atoms with Gasteiger partial charge in [-0.05, 0) is 49.9 Å². The fourth-order valence-corrected chi connectivity index (χ4v) is 2.46. The van der Waals surface area contributed by atoms with Crippen LogP contribution in [0.2, 0.25) is 0 Å². The highest BCUT2D eigenvalue weighted by atomic mass is 35.7. The average molecular weight is 277 g/mol. The quantitative estimate of drug-likeness (QED) is 0.592. The zero-order valence-corrected chi connectivity index (χ0v) is 11.6. The molecule has 0 aliphatic rings. The molecule has 5 heteroatoms. The number of halogens is 1. The Morgan fingerprint density at radius 3 is 2.24 bits per heavy atom. The normalized spacial score (nSPS) is 11.5. The second kappa shape index (κ2) is 6.26. The van der Waals surface area contributed by atoms with Crippen molar-refractivity contribution in [3.05, 3.63) is 29.3 Å². The number of hydrogen-bond donors (Lipinski definition) is 0. The van der Waals surface area contributed by atoms with Gasteiger partial charge in [0.1, 0.15) is 5.75 Å². The van der Waals surface area contributed by atoms with Crippen LogP contribution < -0.4 is 4.74 Å². The van der Waals surface area contributed by atoms with Gasteiger partial charge in [-0.2, -0.15) is 0 Å². The van der Waals surface area contributed by atoms with E-state index in [0.29, 0.717) is 19.4 Å². The molecule has 0 spiro atoms. The van der Waals surface area contributed by atoms with Crippen LogP contribution in [0.3, 0.4) is 0 Å². The minimum atomic E-state index is -3.37. The van der Waals surface area contributed by atoms with Gasteiger partial charge in [-0.25, -0.2) is 8.42 Å². The molecule has 0 aliphatic heterocycles. The third kappa shape index (κ3) is 6.54. The average Bonchev–Trinajstić information content (AvgIpc) is 2.13. The largest absolute Gasteiger partial charge is 0.494 e. The van der Waals surface area contributed by atoms with Crippen molar-refractivity contribution in [3.8, 4) is 5.75 Å². The SMILES string of the molecule is Cc1cc(C)cc(OCCCCS(=O)(=O)Cl)c1. The Hall–Kier alpha value is -0.740. The minimum Gasteiger partial charge on any atom is -0.494 e. The maximum atomic E-state index is 10.7. The Morgan fingerprint density at radius 2 is 1.71 bits per heavy atom. The molecule has 3 nitrogen and oxygen atoms in total. The lowest BCUT2D eigenvalue weighted by atomic mass is 10.1. The van der Waals surface area contributed by atoms with E-state index in [1.165, 1.54) is 0 Å². The van der Waals surface area contributed by atoms with E-state index in [0.717, 1.165) is 16.9 Å². The fraction of sp³-hybridized carbons (Fsp3) is 0.500. The Morgan fingerprint density at radius 1 is 1.12 bits per heavy atom. The third-order valence-electron chi connectivity index (χ3n) is 2.25. The molecule has 0 unspecified atom stereocenters.